The summed E-state index contributed by atoms with van der Waals surface area (Å²) in [6.07, 6.45) is 1.80. The molecule has 1 heterocycles. The number of ether oxygens (including phenoxy) is 1. The van der Waals surface area contributed by atoms with Gasteiger partial charge >= 0.3 is 0 Å². The van der Waals surface area contributed by atoms with Crippen molar-refractivity contribution in [3.05, 3.63) is 34.1 Å². The van der Waals surface area contributed by atoms with Crippen LogP contribution in [0.5, 0.6) is 0 Å². The van der Waals surface area contributed by atoms with Crippen LogP contribution in [-0.4, -0.2) is 24.7 Å². The number of halogens is 2. The molecule has 5 heteroatoms. The summed E-state index contributed by atoms with van der Waals surface area (Å²) in [5, 5.41) is 2.95. The summed E-state index contributed by atoms with van der Waals surface area (Å²) in [5.74, 6) is -0.541. The molecule has 1 aliphatic rings. The highest BCUT2D eigenvalue weighted by Gasteiger charge is 2.21. The summed E-state index contributed by atoms with van der Waals surface area (Å²) >= 11 is 3.07. The third kappa shape index (κ3) is 3.29. The summed E-state index contributed by atoms with van der Waals surface area (Å²) < 4.78 is 18.8. The Bertz CT molecular complexity index is 453. The number of carbonyl (C=O) groups excluding carboxylic acids is 1. The van der Waals surface area contributed by atoms with Crippen LogP contribution in [0.1, 0.15) is 30.1 Å². The first kappa shape index (κ1) is 13.5. The molecule has 1 aromatic rings. The molecule has 0 bridgehead atoms. The smallest absolute Gasteiger partial charge is 0.251 e. The first-order chi connectivity index (χ1) is 8.56. The molecule has 1 aromatic carbocycles. The van der Waals surface area contributed by atoms with E-state index in [1.165, 1.54) is 18.2 Å². The topological polar surface area (TPSA) is 38.3 Å². The maximum Gasteiger partial charge on any atom is 0.251 e. The molecule has 2 rings (SSSR count). The molecule has 0 spiro atoms. The van der Waals surface area contributed by atoms with Crippen molar-refractivity contribution in [2.45, 2.75) is 31.9 Å². The van der Waals surface area contributed by atoms with Crippen LogP contribution in [0, 0.1) is 5.82 Å². The molecule has 3 nitrogen and oxygen atoms in total. The minimum atomic E-state index is -0.369. The third-order valence-electron chi connectivity index (χ3n) is 3.00. The zero-order chi connectivity index (χ0) is 13.1. The van der Waals surface area contributed by atoms with Crippen LogP contribution in [-0.2, 0) is 4.74 Å². The Kier molecular flexibility index (Phi) is 4.35. The maximum absolute atomic E-state index is 13.1. The van der Waals surface area contributed by atoms with E-state index in [0.29, 0.717) is 16.6 Å². The Morgan fingerprint density at radius 2 is 2.33 bits per heavy atom. The predicted molar refractivity (Wildman–Crippen MR) is 70.0 cm³/mol. The van der Waals surface area contributed by atoms with Crippen LogP contribution in [0.2, 0.25) is 0 Å². The second kappa shape index (κ2) is 5.80. The number of amides is 1. The van der Waals surface area contributed by atoms with E-state index in [2.05, 4.69) is 21.2 Å². The maximum atomic E-state index is 13.1. The van der Waals surface area contributed by atoms with E-state index in [1.807, 2.05) is 6.92 Å². The average Bonchev–Trinajstić information content (AvgIpc) is 2.32. The highest BCUT2D eigenvalue weighted by atomic mass is 79.9. The largest absolute Gasteiger partial charge is 0.378 e. The Morgan fingerprint density at radius 1 is 1.56 bits per heavy atom. The third-order valence-corrected chi connectivity index (χ3v) is 3.61. The molecule has 0 aromatic heterocycles. The fourth-order valence-electron chi connectivity index (χ4n) is 2.04. The van der Waals surface area contributed by atoms with Crippen molar-refractivity contribution in [1.82, 2.24) is 5.32 Å². The summed E-state index contributed by atoms with van der Waals surface area (Å²) in [5.41, 5.74) is 0.461. The fraction of sp³-hybridized carbons (Fsp3) is 0.462. The molecular formula is C13H15BrFNO2. The summed E-state index contributed by atoms with van der Waals surface area (Å²) in [6.45, 7) is 2.66. The summed E-state index contributed by atoms with van der Waals surface area (Å²) in [7, 11) is 0. The zero-order valence-corrected chi connectivity index (χ0v) is 11.7. The van der Waals surface area contributed by atoms with E-state index in [-0.39, 0.29) is 23.9 Å². The number of benzene rings is 1. The van der Waals surface area contributed by atoms with Crippen molar-refractivity contribution < 1.29 is 13.9 Å². The van der Waals surface area contributed by atoms with E-state index in [4.69, 9.17) is 4.74 Å². The van der Waals surface area contributed by atoms with E-state index >= 15 is 0 Å². The van der Waals surface area contributed by atoms with Gasteiger partial charge in [-0.05, 0) is 53.9 Å². The normalized spacial score (nSPS) is 23.7. The van der Waals surface area contributed by atoms with Gasteiger partial charge in [-0.25, -0.2) is 4.39 Å². The van der Waals surface area contributed by atoms with Crippen LogP contribution < -0.4 is 5.32 Å². The number of nitrogens with one attached hydrogen (secondary N) is 1. The van der Waals surface area contributed by atoms with Crippen LogP contribution >= 0.6 is 15.9 Å². The molecule has 98 valence electrons. The molecule has 1 amide bonds. The highest BCUT2D eigenvalue weighted by Crippen LogP contribution is 2.18. The summed E-state index contributed by atoms with van der Waals surface area (Å²) in [4.78, 5) is 12.0. The lowest BCUT2D eigenvalue weighted by atomic mass is 10.0. The SMILES string of the molecule is CC1CC(NC(=O)c2ccc(F)c(Br)c2)CCO1. The van der Waals surface area contributed by atoms with Crippen LogP contribution in [0.25, 0.3) is 0 Å². The van der Waals surface area contributed by atoms with Gasteiger partial charge in [0.05, 0.1) is 10.6 Å². The van der Waals surface area contributed by atoms with E-state index in [9.17, 15) is 9.18 Å². The Balaban J connectivity index is 2.00. The lowest BCUT2D eigenvalue weighted by molar-refractivity contribution is 0.0136. The first-order valence-electron chi connectivity index (χ1n) is 5.94. The van der Waals surface area contributed by atoms with Gasteiger partial charge in [0.2, 0.25) is 0 Å². The molecule has 18 heavy (non-hydrogen) atoms. The molecule has 0 radical (unpaired) electrons. The number of hydrogen-bond acceptors (Lipinski definition) is 2. The fourth-order valence-corrected chi connectivity index (χ4v) is 2.41. The van der Waals surface area contributed by atoms with Crippen LogP contribution in [0.4, 0.5) is 4.39 Å². The first-order valence-corrected chi connectivity index (χ1v) is 6.73. The van der Waals surface area contributed by atoms with Crippen LogP contribution in [0.15, 0.2) is 22.7 Å². The molecule has 0 saturated carbocycles. The van der Waals surface area contributed by atoms with Crippen molar-refractivity contribution in [2.24, 2.45) is 0 Å². The molecule has 1 fully saturated rings. The lowest BCUT2D eigenvalue weighted by Gasteiger charge is -2.27. The van der Waals surface area contributed by atoms with Gasteiger partial charge in [0.1, 0.15) is 5.82 Å². The van der Waals surface area contributed by atoms with Crippen molar-refractivity contribution in [2.75, 3.05) is 6.61 Å². The van der Waals surface area contributed by atoms with E-state index in [0.717, 1.165) is 12.8 Å². The second-order valence-corrected chi connectivity index (χ2v) is 5.36. The molecular weight excluding hydrogens is 301 g/mol. The van der Waals surface area contributed by atoms with Gasteiger partial charge in [0.15, 0.2) is 0 Å². The van der Waals surface area contributed by atoms with Crippen molar-refractivity contribution in [1.29, 1.82) is 0 Å². The van der Waals surface area contributed by atoms with Gasteiger partial charge < -0.3 is 10.1 Å². The van der Waals surface area contributed by atoms with Gasteiger partial charge in [-0.15, -0.1) is 0 Å². The Morgan fingerprint density at radius 3 is 3.00 bits per heavy atom. The molecule has 1 N–H and O–H groups in total. The average molecular weight is 316 g/mol. The minimum absolute atomic E-state index is 0.130. The van der Waals surface area contributed by atoms with Crippen molar-refractivity contribution in [3.63, 3.8) is 0 Å². The Labute approximate surface area is 114 Å². The summed E-state index contributed by atoms with van der Waals surface area (Å²) in [6, 6.07) is 4.39. The monoisotopic (exact) mass is 315 g/mol. The number of rotatable bonds is 2. The van der Waals surface area contributed by atoms with Gasteiger partial charge in [-0.1, -0.05) is 0 Å². The standard InChI is InChI=1S/C13H15BrFNO2/c1-8-6-10(4-5-18-8)16-13(17)9-2-3-12(15)11(14)7-9/h2-3,7-8,10H,4-6H2,1H3,(H,16,17). The Hall–Kier alpha value is -0.940. The highest BCUT2D eigenvalue weighted by molar-refractivity contribution is 9.10. The molecule has 0 aliphatic carbocycles. The lowest BCUT2D eigenvalue weighted by Crippen LogP contribution is -2.41. The molecule has 1 saturated heterocycles. The number of carbonyl (C=O) groups is 1. The minimum Gasteiger partial charge on any atom is -0.378 e. The van der Waals surface area contributed by atoms with Crippen molar-refractivity contribution in [3.8, 4) is 0 Å². The zero-order valence-electron chi connectivity index (χ0n) is 10.1. The quantitative estimate of drug-likeness (QED) is 0.911. The van der Waals surface area contributed by atoms with Gasteiger partial charge in [-0.2, -0.15) is 0 Å². The second-order valence-electron chi connectivity index (χ2n) is 4.51. The van der Waals surface area contributed by atoms with E-state index < -0.39 is 0 Å². The van der Waals surface area contributed by atoms with Gasteiger partial charge in [-0.3, -0.25) is 4.79 Å². The predicted octanol–water partition coefficient (Wildman–Crippen LogP) is 2.89. The number of hydrogen-bond donors (Lipinski definition) is 1. The van der Waals surface area contributed by atoms with Crippen LogP contribution in [0.3, 0.4) is 0 Å². The van der Waals surface area contributed by atoms with E-state index in [1.54, 1.807) is 0 Å². The van der Waals surface area contributed by atoms with Gasteiger partial charge in [0.25, 0.3) is 5.91 Å². The van der Waals surface area contributed by atoms with Crippen molar-refractivity contribution >= 4 is 21.8 Å². The molecule has 2 atom stereocenters. The molecule has 1 aliphatic heterocycles. The van der Waals surface area contributed by atoms with Gasteiger partial charge in [0, 0.05) is 18.2 Å². The molecule has 2 unspecified atom stereocenters.